The number of unbranched alkanes of at least 4 members (excludes halogenated alkanes) is 6. The highest BCUT2D eigenvalue weighted by molar-refractivity contribution is 6.30. The lowest BCUT2D eigenvalue weighted by Gasteiger charge is -2.17. The van der Waals surface area contributed by atoms with Crippen LogP contribution in [-0.2, 0) is 14.4 Å². The minimum absolute atomic E-state index is 0.324. The zero-order valence-corrected chi connectivity index (χ0v) is 27.1. The molecular formula is C30H63BO9. The molecule has 10 heteroatoms. The van der Waals surface area contributed by atoms with Crippen molar-refractivity contribution >= 4 is 25.2 Å². The Hall–Kier alpha value is -1.65. The summed E-state index contributed by atoms with van der Waals surface area (Å²) in [5, 5.41) is 46.6. The highest BCUT2D eigenvalue weighted by atomic mass is 16.5. The first-order chi connectivity index (χ1) is 18.0. The Labute approximate surface area is 245 Å². The third kappa shape index (κ3) is 70.7. The summed E-state index contributed by atoms with van der Waals surface area (Å²) in [6.45, 7) is 19.9. The van der Waals surface area contributed by atoms with Gasteiger partial charge in [0.05, 0.1) is 0 Å². The monoisotopic (exact) mass is 578 g/mol. The average molecular weight is 579 g/mol. The average Bonchev–Trinajstić information content (AvgIpc) is 2.70. The van der Waals surface area contributed by atoms with Crippen LogP contribution >= 0.6 is 0 Å². The van der Waals surface area contributed by atoms with E-state index >= 15 is 0 Å². The zero-order valence-electron chi connectivity index (χ0n) is 27.1. The summed E-state index contributed by atoms with van der Waals surface area (Å²) in [5.41, 5.74) is 1.18. The van der Waals surface area contributed by atoms with Crippen LogP contribution < -0.4 is 0 Å². The molecule has 0 saturated carbocycles. The number of carbonyl (C=O) groups is 3. The molecule has 240 valence electrons. The maximum atomic E-state index is 10.2. The van der Waals surface area contributed by atoms with Crippen molar-refractivity contribution in [3.63, 3.8) is 0 Å². The molecule has 0 fully saturated rings. The molecule has 0 radical (unpaired) electrons. The van der Waals surface area contributed by atoms with Gasteiger partial charge in [-0.2, -0.15) is 0 Å². The first kappa shape index (κ1) is 45.3. The van der Waals surface area contributed by atoms with Gasteiger partial charge in [-0.05, 0) is 54.8 Å². The second-order valence-electron chi connectivity index (χ2n) is 13.9. The fourth-order valence-corrected chi connectivity index (χ4v) is 3.32. The first-order valence-corrected chi connectivity index (χ1v) is 14.7. The number of hydrogen-bond acceptors (Lipinski definition) is 6. The second kappa shape index (κ2) is 26.3. The van der Waals surface area contributed by atoms with Gasteiger partial charge in [-0.3, -0.25) is 14.4 Å². The number of rotatable bonds is 15. The van der Waals surface area contributed by atoms with Gasteiger partial charge in [-0.1, -0.05) is 101 Å². The van der Waals surface area contributed by atoms with E-state index in [1.165, 1.54) is 19.3 Å². The molecule has 0 aromatic rings. The Morgan fingerprint density at radius 1 is 0.425 bits per heavy atom. The van der Waals surface area contributed by atoms with Crippen LogP contribution in [0.15, 0.2) is 0 Å². The molecule has 0 amide bonds. The van der Waals surface area contributed by atoms with Crippen molar-refractivity contribution in [3.05, 3.63) is 0 Å². The van der Waals surface area contributed by atoms with E-state index < -0.39 is 25.2 Å². The third-order valence-electron chi connectivity index (χ3n) is 5.45. The van der Waals surface area contributed by atoms with Crippen molar-refractivity contribution < 1.29 is 44.8 Å². The largest absolute Gasteiger partial charge is 0.631 e. The molecular weight excluding hydrogens is 515 g/mol. The quantitative estimate of drug-likeness (QED) is 0.0871. The van der Waals surface area contributed by atoms with Crippen LogP contribution in [0.2, 0.25) is 0 Å². The molecule has 0 spiro atoms. The molecule has 0 unspecified atom stereocenters. The van der Waals surface area contributed by atoms with E-state index in [0.29, 0.717) is 35.5 Å². The van der Waals surface area contributed by atoms with E-state index in [0.717, 1.165) is 57.8 Å². The lowest BCUT2D eigenvalue weighted by Crippen LogP contribution is -2.07. The summed E-state index contributed by atoms with van der Waals surface area (Å²) < 4.78 is 0. The second-order valence-corrected chi connectivity index (χ2v) is 13.9. The molecule has 0 heterocycles. The summed E-state index contributed by atoms with van der Waals surface area (Å²) >= 11 is 0. The van der Waals surface area contributed by atoms with Crippen LogP contribution in [0.1, 0.15) is 159 Å². The van der Waals surface area contributed by atoms with Gasteiger partial charge in [0.2, 0.25) is 0 Å². The minimum atomic E-state index is -2.17. The highest BCUT2D eigenvalue weighted by Crippen LogP contribution is 2.23. The van der Waals surface area contributed by atoms with Crippen LogP contribution in [0.4, 0.5) is 0 Å². The van der Waals surface area contributed by atoms with Crippen LogP contribution in [0, 0.1) is 16.2 Å². The lowest BCUT2D eigenvalue weighted by atomic mass is 9.89. The van der Waals surface area contributed by atoms with E-state index in [2.05, 4.69) is 62.3 Å². The molecule has 0 aliphatic carbocycles. The van der Waals surface area contributed by atoms with E-state index in [4.69, 9.17) is 30.4 Å². The van der Waals surface area contributed by atoms with E-state index in [9.17, 15) is 14.4 Å². The molecule has 0 rings (SSSR count). The molecule has 0 aromatic heterocycles. The normalized spacial score (nSPS) is 11.1. The molecule has 0 bridgehead atoms. The van der Waals surface area contributed by atoms with E-state index in [1.54, 1.807) is 0 Å². The van der Waals surface area contributed by atoms with Gasteiger partial charge in [-0.25, -0.2) is 0 Å². The number of carboxylic acids is 3. The van der Waals surface area contributed by atoms with Crippen LogP contribution in [0.3, 0.4) is 0 Å². The Balaban J connectivity index is -0.000000227. The maximum absolute atomic E-state index is 10.2. The molecule has 0 aromatic carbocycles. The summed E-state index contributed by atoms with van der Waals surface area (Å²) in [6.07, 6.45) is 13.6. The van der Waals surface area contributed by atoms with E-state index in [1.807, 2.05) is 0 Å². The van der Waals surface area contributed by atoms with Crippen LogP contribution in [0.25, 0.3) is 0 Å². The number of aliphatic carboxylic acids is 3. The number of hydrogen-bond donors (Lipinski definition) is 6. The summed E-state index contributed by atoms with van der Waals surface area (Å²) in [6, 6.07) is 0. The van der Waals surface area contributed by atoms with Gasteiger partial charge >= 0.3 is 25.2 Å². The van der Waals surface area contributed by atoms with Crippen molar-refractivity contribution in [3.8, 4) is 0 Å². The summed E-state index contributed by atoms with van der Waals surface area (Å²) in [4.78, 5) is 30.5. The fourth-order valence-electron chi connectivity index (χ4n) is 3.32. The molecule has 6 N–H and O–H groups in total. The first-order valence-electron chi connectivity index (χ1n) is 14.7. The maximum Gasteiger partial charge on any atom is 0.631 e. The standard InChI is InChI=1S/3C10H20O2.BH3O3/c3*1-10(2,3)8-6-4-5-7-9(11)12;2-1(3)4/h3*4-8H2,1-3H3,(H,11,12);2-4H. The molecule has 0 saturated heterocycles. The Kier molecular flexibility index (Phi) is 29.8. The molecule has 0 atom stereocenters. The smallest absolute Gasteiger partial charge is 0.481 e. The van der Waals surface area contributed by atoms with Gasteiger partial charge in [0.15, 0.2) is 0 Å². The molecule has 0 aliphatic rings. The summed E-state index contributed by atoms with van der Waals surface area (Å²) in [7, 11) is -2.17. The summed E-state index contributed by atoms with van der Waals surface area (Å²) in [5.74, 6) is -2.03. The van der Waals surface area contributed by atoms with Gasteiger partial charge in [0, 0.05) is 19.3 Å². The molecule has 40 heavy (non-hydrogen) atoms. The van der Waals surface area contributed by atoms with Crippen molar-refractivity contribution in [2.45, 2.75) is 159 Å². The van der Waals surface area contributed by atoms with Crippen molar-refractivity contribution in [2.24, 2.45) is 16.2 Å². The zero-order chi connectivity index (χ0) is 32.4. The Morgan fingerprint density at radius 2 is 0.600 bits per heavy atom. The fraction of sp³-hybridized carbons (Fsp3) is 0.900. The van der Waals surface area contributed by atoms with Gasteiger partial charge in [0.1, 0.15) is 0 Å². The van der Waals surface area contributed by atoms with Crippen molar-refractivity contribution in [1.29, 1.82) is 0 Å². The SMILES string of the molecule is CC(C)(C)CCCCCC(=O)O.CC(C)(C)CCCCCC(=O)O.CC(C)(C)CCCCCC(=O)O.OB(O)O. The Morgan fingerprint density at radius 3 is 0.725 bits per heavy atom. The van der Waals surface area contributed by atoms with Gasteiger partial charge in [0.25, 0.3) is 0 Å². The predicted molar refractivity (Wildman–Crippen MR) is 163 cm³/mol. The number of carboxylic acid groups (broad SMARTS) is 3. The molecule has 9 nitrogen and oxygen atoms in total. The highest BCUT2D eigenvalue weighted by Gasteiger charge is 2.10. The van der Waals surface area contributed by atoms with E-state index in [-0.39, 0.29) is 0 Å². The van der Waals surface area contributed by atoms with Gasteiger partial charge in [-0.15, -0.1) is 0 Å². The van der Waals surface area contributed by atoms with Crippen molar-refractivity contribution in [1.82, 2.24) is 0 Å². The predicted octanol–water partition coefficient (Wildman–Crippen LogP) is 7.15. The third-order valence-corrected chi connectivity index (χ3v) is 5.45. The van der Waals surface area contributed by atoms with Gasteiger partial charge < -0.3 is 30.4 Å². The van der Waals surface area contributed by atoms with Crippen LogP contribution in [0.5, 0.6) is 0 Å². The topological polar surface area (TPSA) is 173 Å². The van der Waals surface area contributed by atoms with Crippen molar-refractivity contribution in [2.75, 3.05) is 0 Å². The molecule has 0 aliphatic heterocycles. The lowest BCUT2D eigenvalue weighted by molar-refractivity contribution is -0.138. The van der Waals surface area contributed by atoms with Crippen LogP contribution in [-0.4, -0.2) is 55.6 Å². The Bertz CT molecular complexity index is 533. The minimum Gasteiger partial charge on any atom is -0.481 e.